The number of amides is 1. The second-order valence-corrected chi connectivity index (χ2v) is 8.05. The molecule has 32 heavy (non-hydrogen) atoms. The zero-order valence-electron chi connectivity index (χ0n) is 17.4. The van der Waals surface area contributed by atoms with Crippen molar-refractivity contribution in [3.8, 4) is 0 Å². The van der Waals surface area contributed by atoms with Gasteiger partial charge in [-0.2, -0.15) is 0 Å². The van der Waals surface area contributed by atoms with E-state index in [1.54, 1.807) is 29.9 Å². The lowest BCUT2D eigenvalue weighted by Crippen LogP contribution is -2.39. The van der Waals surface area contributed by atoms with E-state index in [-0.39, 0.29) is 17.0 Å². The van der Waals surface area contributed by atoms with Crippen LogP contribution in [0.3, 0.4) is 0 Å². The highest BCUT2D eigenvalue weighted by atomic mass is 32.1. The fraction of sp³-hybridized carbons (Fsp3) is 0.217. The number of nitrogens with one attached hydrogen (secondary N) is 1. The van der Waals surface area contributed by atoms with Gasteiger partial charge in [0, 0.05) is 30.5 Å². The molecule has 1 aliphatic carbocycles. The Bertz CT molecular complexity index is 1150. The normalized spacial score (nSPS) is 19.7. The number of aromatic nitrogens is 1. The van der Waals surface area contributed by atoms with E-state index < -0.39 is 24.0 Å². The van der Waals surface area contributed by atoms with Gasteiger partial charge < -0.3 is 9.47 Å². The number of carbonyl (C=O) groups excluding carboxylic acids is 2. The molecule has 1 aromatic carbocycles. The number of aliphatic imine (C=N–C) groups is 1. The Hall–Kier alpha value is -3.43. The first-order valence-electron chi connectivity index (χ1n) is 9.76. The first-order chi connectivity index (χ1) is 15.5. The molecule has 0 spiro atoms. The number of hydrogen-bond acceptors (Lipinski definition) is 7. The Kier molecular flexibility index (Phi) is 6.38. The zero-order valence-corrected chi connectivity index (χ0v) is 18.2. The van der Waals surface area contributed by atoms with Crippen molar-refractivity contribution in [2.75, 3.05) is 19.5 Å². The number of allylic oxidation sites excluding steroid dienone is 1. The van der Waals surface area contributed by atoms with Crippen LogP contribution in [-0.4, -0.2) is 49.4 Å². The molecule has 0 saturated carbocycles. The predicted molar refractivity (Wildman–Crippen MR) is 119 cm³/mol. The number of fused-ring (bicyclic) bond motifs is 1. The molecule has 1 amide bonds. The van der Waals surface area contributed by atoms with E-state index in [2.05, 4.69) is 15.3 Å². The van der Waals surface area contributed by atoms with Crippen molar-refractivity contribution in [2.24, 2.45) is 4.99 Å². The van der Waals surface area contributed by atoms with Gasteiger partial charge in [0.2, 0.25) is 0 Å². The lowest BCUT2D eigenvalue weighted by atomic mass is 9.82. The summed E-state index contributed by atoms with van der Waals surface area (Å²) in [5.74, 6) is -1.31. The Balaban J connectivity index is 1.75. The van der Waals surface area contributed by atoms with Crippen molar-refractivity contribution in [1.29, 1.82) is 0 Å². The Labute approximate surface area is 188 Å². The minimum Gasteiger partial charge on any atom is -0.466 e. The number of carbonyl (C=O) groups is 2. The summed E-state index contributed by atoms with van der Waals surface area (Å²) < 4.78 is 23.7. The van der Waals surface area contributed by atoms with Gasteiger partial charge in [0.15, 0.2) is 5.13 Å². The summed E-state index contributed by atoms with van der Waals surface area (Å²) in [5, 5.41) is 4.95. The number of methoxy groups -OCH3 is 2. The van der Waals surface area contributed by atoms with Crippen molar-refractivity contribution < 1.29 is 23.5 Å². The molecule has 1 aliphatic heterocycles. The molecule has 164 valence electrons. The molecule has 2 heterocycles. The number of halogens is 1. The molecule has 7 nitrogen and oxygen atoms in total. The molecule has 1 aromatic heterocycles. The van der Waals surface area contributed by atoms with Crippen LogP contribution in [-0.2, 0) is 25.5 Å². The zero-order chi connectivity index (χ0) is 22.7. The van der Waals surface area contributed by atoms with Gasteiger partial charge >= 0.3 is 5.97 Å². The molecule has 0 bridgehead atoms. The minimum atomic E-state index is -0.700. The van der Waals surface area contributed by atoms with E-state index in [1.165, 1.54) is 43.8 Å². The molecule has 2 unspecified atom stereocenters. The van der Waals surface area contributed by atoms with Crippen molar-refractivity contribution in [2.45, 2.75) is 18.6 Å². The average Bonchev–Trinajstić information content (AvgIpc) is 3.31. The fourth-order valence-electron chi connectivity index (χ4n) is 3.68. The van der Waals surface area contributed by atoms with E-state index >= 15 is 0 Å². The number of rotatable bonds is 6. The summed E-state index contributed by atoms with van der Waals surface area (Å²) in [5.41, 5.74) is 2.86. The number of ether oxygens (including phenoxy) is 2. The van der Waals surface area contributed by atoms with E-state index in [9.17, 15) is 14.0 Å². The van der Waals surface area contributed by atoms with Crippen LogP contribution in [0.5, 0.6) is 0 Å². The molecular formula is C23H20FN3O4S. The third-order valence-electron chi connectivity index (χ3n) is 5.16. The fourth-order valence-corrected chi connectivity index (χ4v) is 4.20. The standard InChI is InChI=1S/C23H20FN3O4S/c1-30-20-18(22(29)31-2)11-17(21(28)27-23-25-7-8-32-23)16-10-14(12-26-19(16)20)9-13-3-5-15(24)6-4-13/h3-8,10-12,19-20H,9H2,1-2H3,(H,25,27,28). The largest absolute Gasteiger partial charge is 0.466 e. The van der Waals surface area contributed by atoms with Crippen molar-refractivity contribution >= 4 is 34.6 Å². The lowest BCUT2D eigenvalue weighted by Gasteiger charge is -2.32. The third kappa shape index (κ3) is 4.44. The molecule has 0 saturated heterocycles. The van der Waals surface area contributed by atoms with Gasteiger partial charge in [0.1, 0.15) is 18.0 Å². The maximum atomic E-state index is 13.2. The van der Waals surface area contributed by atoms with Crippen LogP contribution in [0, 0.1) is 5.82 Å². The predicted octanol–water partition coefficient (Wildman–Crippen LogP) is 3.27. The van der Waals surface area contributed by atoms with Gasteiger partial charge in [0.05, 0.1) is 12.7 Å². The first-order valence-corrected chi connectivity index (χ1v) is 10.6. The van der Waals surface area contributed by atoms with E-state index in [1.807, 2.05) is 6.08 Å². The summed E-state index contributed by atoms with van der Waals surface area (Å²) in [6.07, 6.45) is 6.45. The quantitative estimate of drug-likeness (QED) is 0.678. The van der Waals surface area contributed by atoms with Crippen LogP contribution in [0.25, 0.3) is 0 Å². The number of anilines is 1. The van der Waals surface area contributed by atoms with Crippen LogP contribution in [0.15, 0.2) is 75.3 Å². The molecule has 1 N–H and O–H groups in total. The smallest absolute Gasteiger partial charge is 0.336 e. The molecule has 4 rings (SSSR count). The van der Waals surface area contributed by atoms with Crippen molar-refractivity contribution in [3.63, 3.8) is 0 Å². The summed E-state index contributed by atoms with van der Waals surface area (Å²) >= 11 is 1.29. The number of hydrogen-bond donors (Lipinski definition) is 1. The number of nitrogens with zero attached hydrogens (tertiary/aromatic N) is 2. The molecule has 2 aromatic rings. The number of benzene rings is 1. The molecular weight excluding hydrogens is 433 g/mol. The summed E-state index contributed by atoms with van der Waals surface area (Å²) in [6.45, 7) is 0. The van der Waals surface area contributed by atoms with Gasteiger partial charge in [0.25, 0.3) is 5.91 Å². The Morgan fingerprint density at radius 1 is 1.19 bits per heavy atom. The second-order valence-electron chi connectivity index (χ2n) is 7.15. The van der Waals surface area contributed by atoms with Gasteiger partial charge in [-0.05, 0) is 41.3 Å². The summed E-state index contributed by atoms with van der Waals surface area (Å²) in [6, 6.07) is 5.62. The van der Waals surface area contributed by atoms with E-state index in [4.69, 9.17) is 9.47 Å². The van der Waals surface area contributed by atoms with E-state index in [0.717, 1.165) is 11.1 Å². The van der Waals surface area contributed by atoms with Crippen LogP contribution >= 0.6 is 11.3 Å². The Morgan fingerprint density at radius 3 is 2.62 bits per heavy atom. The number of esters is 1. The van der Waals surface area contributed by atoms with E-state index in [0.29, 0.717) is 17.1 Å². The third-order valence-corrected chi connectivity index (χ3v) is 5.85. The topological polar surface area (TPSA) is 89.9 Å². The maximum Gasteiger partial charge on any atom is 0.336 e. The van der Waals surface area contributed by atoms with Crippen molar-refractivity contribution in [3.05, 3.63) is 81.7 Å². The minimum absolute atomic E-state index is 0.209. The van der Waals surface area contributed by atoms with Crippen LogP contribution < -0.4 is 5.32 Å². The average molecular weight is 453 g/mol. The molecule has 0 fully saturated rings. The molecule has 9 heteroatoms. The lowest BCUT2D eigenvalue weighted by molar-refractivity contribution is -0.137. The van der Waals surface area contributed by atoms with Gasteiger partial charge in [-0.25, -0.2) is 14.2 Å². The van der Waals surface area contributed by atoms with Gasteiger partial charge in [-0.1, -0.05) is 18.2 Å². The highest BCUT2D eigenvalue weighted by Gasteiger charge is 2.39. The highest BCUT2D eigenvalue weighted by molar-refractivity contribution is 7.13. The van der Waals surface area contributed by atoms with Crippen molar-refractivity contribution in [1.82, 2.24) is 4.98 Å². The monoisotopic (exact) mass is 453 g/mol. The maximum absolute atomic E-state index is 13.2. The van der Waals surface area contributed by atoms with Crippen LogP contribution in [0.4, 0.5) is 9.52 Å². The molecule has 0 radical (unpaired) electrons. The number of thiazole rings is 1. The highest BCUT2D eigenvalue weighted by Crippen LogP contribution is 2.34. The summed E-state index contributed by atoms with van der Waals surface area (Å²) in [4.78, 5) is 34.2. The van der Waals surface area contributed by atoms with Crippen LogP contribution in [0.2, 0.25) is 0 Å². The Morgan fingerprint density at radius 2 is 1.97 bits per heavy atom. The molecule has 2 atom stereocenters. The first kappa shape index (κ1) is 21.8. The SMILES string of the molecule is COC(=O)C1=CC(C(=O)Nc2nccs2)=C2C=C(Cc3ccc(F)cc3)C=NC2C1OC. The second kappa shape index (κ2) is 9.37. The number of dihydropyridines is 1. The molecule has 2 aliphatic rings. The van der Waals surface area contributed by atoms with Gasteiger partial charge in [-0.15, -0.1) is 11.3 Å². The van der Waals surface area contributed by atoms with Gasteiger partial charge in [-0.3, -0.25) is 15.1 Å². The summed E-state index contributed by atoms with van der Waals surface area (Å²) in [7, 11) is 2.75. The van der Waals surface area contributed by atoms with Crippen LogP contribution in [0.1, 0.15) is 5.56 Å².